The topological polar surface area (TPSA) is 114 Å². The molecule has 0 bridgehead atoms. The zero-order valence-corrected chi connectivity index (χ0v) is 23.5. The van der Waals surface area contributed by atoms with Crippen molar-refractivity contribution < 1.29 is 22.8 Å². The number of hydrogen-bond donors (Lipinski definition) is 2. The van der Waals surface area contributed by atoms with Crippen molar-refractivity contribution in [1.82, 2.24) is 29.3 Å². The van der Waals surface area contributed by atoms with Gasteiger partial charge in [-0.25, -0.2) is 14.5 Å². The number of hydrogen-bond acceptors (Lipinski definition) is 6. The number of anilines is 1. The second-order valence-electron chi connectivity index (χ2n) is 9.96. The number of nitrogens with one attached hydrogen (secondary N) is 2. The van der Waals surface area contributed by atoms with Crippen molar-refractivity contribution >= 4 is 29.4 Å². The zero-order valence-electron chi connectivity index (χ0n) is 22.8. The fourth-order valence-corrected chi connectivity index (χ4v) is 5.00. The van der Waals surface area contributed by atoms with Crippen LogP contribution in [0.1, 0.15) is 64.3 Å². The minimum atomic E-state index is -4.72. The first-order valence-corrected chi connectivity index (χ1v) is 12.9. The van der Waals surface area contributed by atoms with Crippen LogP contribution in [0.15, 0.2) is 23.0 Å². The Morgan fingerprint density at radius 2 is 1.88 bits per heavy atom. The molecule has 0 fully saturated rings. The average Bonchev–Trinajstić information content (AvgIpc) is 3.16. The molecule has 1 aliphatic rings. The number of halogens is 4. The van der Waals surface area contributed by atoms with Gasteiger partial charge in [0.15, 0.2) is 0 Å². The molecule has 0 unspecified atom stereocenters. The molecular weight excluding hydrogens is 551 g/mol. The maximum Gasteiger partial charge on any atom is 0.417 e. The first-order valence-electron chi connectivity index (χ1n) is 12.5. The molecule has 10 nitrogen and oxygen atoms in total. The fourth-order valence-electron chi connectivity index (χ4n) is 4.78. The summed E-state index contributed by atoms with van der Waals surface area (Å²) in [6, 6.07) is 2.36. The maximum absolute atomic E-state index is 14.0. The van der Waals surface area contributed by atoms with Crippen molar-refractivity contribution in [1.29, 1.82) is 0 Å². The highest BCUT2D eigenvalue weighted by Gasteiger charge is 2.36. The molecule has 40 heavy (non-hydrogen) atoms. The van der Waals surface area contributed by atoms with E-state index in [1.54, 1.807) is 20.9 Å². The van der Waals surface area contributed by atoms with E-state index in [4.69, 9.17) is 16.6 Å². The van der Waals surface area contributed by atoms with E-state index in [1.165, 1.54) is 27.1 Å². The third-order valence-corrected chi connectivity index (χ3v) is 7.02. The van der Waals surface area contributed by atoms with E-state index in [9.17, 15) is 27.6 Å². The van der Waals surface area contributed by atoms with Crippen LogP contribution in [0.3, 0.4) is 0 Å². The van der Waals surface area contributed by atoms with Crippen LogP contribution in [-0.2, 0) is 26.2 Å². The molecule has 14 heteroatoms. The van der Waals surface area contributed by atoms with Crippen molar-refractivity contribution in [2.24, 2.45) is 7.05 Å². The van der Waals surface area contributed by atoms with Crippen molar-refractivity contribution in [2.45, 2.75) is 58.9 Å². The third kappa shape index (κ3) is 5.17. The average molecular weight is 580 g/mol. The van der Waals surface area contributed by atoms with Crippen LogP contribution in [0.5, 0.6) is 0 Å². The lowest BCUT2D eigenvalue weighted by atomic mass is 9.98. The van der Waals surface area contributed by atoms with Crippen LogP contribution in [-0.4, -0.2) is 54.9 Å². The van der Waals surface area contributed by atoms with Gasteiger partial charge in [-0.15, -0.1) is 0 Å². The van der Waals surface area contributed by atoms with Crippen LogP contribution >= 0.6 is 11.6 Å². The summed E-state index contributed by atoms with van der Waals surface area (Å²) >= 11 is 5.73. The van der Waals surface area contributed by atoms with Gasteiger partial charge in [-0.1, -0.05) is 11.6 Å². The van der Waals surface area contributed by atoms with Gasteiger partial charge in [-0.05, 0) is 52.3 Å². The van der Waals surface area contributed by atoms with Gasteiger partial charge in [0.25, 0.3) is 17.4 Å². The Balaban J connectivity index is 1.82. The zero-order chi connectivity index (χ0) is 29.7. The van der Waals surface area contributed by atoms with Gasteiger partial charge in [0.2, 0.25) is 11.8 Å². The van der Waals surface area contributed by atoms with Gasteiger partial charge >= 0.3 is 6.18 Å². The second kappa shape index (κ2) is 10.6. The second-order valence-corrected chi connectivity index (χ2v) is 10.4. The SMILES string of the molecule is CNC(=O)c1nc(C)c(-n2c(NC(C)C)nc3c(c2=O)C[C@@H](C)N(C(=O)c2ccc(Cl)c(C(F)(F)F)c2)C3)n1C. The molecule has 1 aromatic carbocycles. The summed E-state index contributed by atoms with van der Waals surface area (Å²) in [5.41, 5.74) is -0.550. The van der Waals surface area contributed by atoms with Crippen LogP contribution in [0.2, 0.25) is 5.02 Å². The summed E-state index contributed by atoms with van der Waals surface area (Å²) in [5, 5.41) is 5.18. The third-order valence-electron chi connectivity index (χ3n) is 6.69. The van der Waals surface area contributed by atoms with E-state index in [0.29, 0.717) is 22.8 Å². The summed E-state index contributed by atoms with van der Waals surface area (Å²) < 4.78 is 43.1. The van der Waals surface area contributed by atoms with Crippen molar-refractivity contribution in [3.63, 3.8) is 0 Å². The molecule has 0 aliphatic carbocycles. The Hall–Kier alpha value is -3.87. The first kappa shape index (κ1) is 29.1. The molecule has 3 heterocycles. The number of alkyl halides is 3. The largest absolute Gasteiger partial charge is 0.417 e. The molecule has 1 aliphatic heterocycles. The van der Waals surface area contributed by atoms with E-state index in [1.807, 2.05) is 13.8 Å². The standard InChI is InChI=1S/C26H29ClF3N7O3/c1-12(2)32-25-34-19-11-36(23(39)15-7-8-18(27)17(10-15)26(28,29)30)13(3)9-16(19)24(40)37(25)22-14(4)33-20(35(22)6)21(38)31-5/h7-8,10,12-13H,9,11H2,1-6H3,(H,31,38)(H,32,34)/t13-/m1/s1. The molecule has 2 amide bonds. The highest BCUT2D eigenvalue weighted by molar-refractivity contribution is 6.31. The normalized spacial score (nSPS) is 15.3. The van der Waals surface area contributed by atoms with Crippen LogP contribution in [0.25, 0.3) is 5.82 Å². The fraction of sp³-hybridized carbons (Fsp3) is 0.423. The Morgan fingerprint density at radius 1 is 1.20 bits per heavy atom. The Bertz CT molecular complexity index is 1560. The summed E-state index contributed by atoms with van der Waals surface area (Å²) in [6.45, 7) is 7.02. The lowest BCUT2D eigenvalue weighted by Gasteiger charge is -2.35. The predicted octanol–water partition coefficient (Wildman–Crippen LogP) is 3.71. The quantitative estimate of drug-likeness (QED) is 0.476. The van der Waals surface area contributed by atoms with Gasteiger partial charge in [-0.3, -0.25) is 14.4 Å². The summed E-state index contributed by atoms with van der Waals surface area (Å²) in [4.78, 5) is 50.1. The summed E-state index contributed by atoms with van der Waals surface area (Å²) in [5.74, 6) is -0.410. The summed E-state index contributed by atoms with van der Waals surface area (Å²) in [7, 11) is 3.10. The maximum atomic E-state index is 14.0. The van der Waals surface area contributed by atoms with Crippen LogP contribution < -0.4 is 16.2 Å². The molecule has 0 saturated heterocycles. The van der Waals surface area contributed by atoms with Crippen molar-refractivity contribution in [3.05, 3.63) is 67.5 Å². The molecule has 2 N–H and O–H groups in total. The Morgan fingerprint density at radius 3 is 2.48 bits per heavy atom. The number of nitrogens with zero attached hydrogens (tertiary/aromatic N) is 5. The van der Waals surface area contributed by atoms with Gasteiger partial charge < -0.3 is 20.1 Å². The Labute approximate surface area is 233 Å². The van der Waals surface area contributed by atoms with Crippen LogP contribution in [0.4, 0.5) is 19.1 Å². The van der Waals surface area contributed by atoms with Gasteiger partial charge in [0.05, 0.1) is 28.5 Å². The molecule has 2 aromatic heterocycles. The highest BCUT2D eigenvalue weighted by atomic mass is 35.5. The molecule has 1 atom stereocenters. The first-order chi connectivity index (χ1) is 18.6. The lowest BCUT2D eigenvalue weighted by Crippen LogP contribution is -2.46. The molecule has 0 spiro atoms. The molecule has 214 valence electrons. The van der Waals surface area contributed by atoms with E-state index in [0.717, 1.165) is 12.1 Å². The minimum absolute atomic E-state index is 0.0873. The predicted molar refractivity (Wildman–Crippen MR) is 143 cm³/mol. The number of carbonyl (C=O) groups is 2. The number of aromatic nitrogens is 4. The monoisotopic (exact) mass is 579 g/mol. The molecule has 3 aromatic rings. The van der Waals surface area contributed by atoms with Gasteiger partial charge in [0, 0.05) is 37.3 Å². The number of benzene rings is 1. The highest BCUT2D eigenvalue weighted by Crippen LogP contribution is 2.36. The summed E-state index contributed by atoms with van der Waals surface area (Å²) in [6.07, 6.45) is -4.60. The van der Waals surface area contributed by atoms with Gasteiger partial charge in [0.1, 0.15) is 5.82 Å². The molecular formula is C26H29ClF3N7O3. The van der Waals surface area contributed by atoms with E-state index >= 15 is 0 Å². The number of rotatable bonds is 5. The minimum Gasteiger partial charge on any atom is -0.353 e. The van der Waals surface area contributed by atoms with E-state index < -0.39 is 40.2 Å². The number of carbonyl (C=O) groups excluding carboxylic acids is 2. The Kier molecular flexibility index (Phi) is 7.72. The molecule has 0 radical (unpaired) electrons. The van der Waals surface area contributed by atoms with E-state index in [-0.39, 0.29) is 36.3 Å². The van der Waals surface area contributed by atoms with E-state index in [2.05, 4.69) is 15.6 Å². The molecule has 4 rings (SSSR count). The van der Waals surface area contributed by atoms with Crippen molar-refractivity contribution in [3.8, 4) is 5.82 Å². The lowest BCUT2D eigenvalue weighted by molar-refractivity contribution is -0.137. The number of imidazole rings is 1. The number of amides is 2. The van der Waals surface area contributed by atoms with Gasteiger partial charge in [-0.2, -0.15) is 13.2 Å². The number of fused-ring (bicyclic) bond motifs is 1. The van der Waals surface area contributed by atoms with Crippen LogP contribution in [0, 0.1) is 6.92 Å². The molecule has 0 saturated carbocycles. The van der Waals surface area contributed by atoms with Crippen molar-refractivity contribution in [2.75, 3.05) is 12.4 Å². The number of aryl methyl sites for hydroxylation is 1. The smallest absolute Gasteiger partial charge is 0.353 e.